The van der Waals surface area contributed by atoms with Gasteiger partial charge in [0, 0.05) is 0 Å². The number of amides is 5. The van der Waals surface area contributed by atoms with Gasteiger partial charge in [0.25, 0.3) is 0 Å². The Morgan fingerprint density at radius 2 is 1.23 bits per heavy atom. The second kappa shape index (κ2) is 13.1. The van der Waals surface area contributed by atoms with Gasteiger partial charge in [0.15, 0.2) is 0 Å². The predicted octanol–water partition coefficient (Wildman–Crippen LogP) is -4.36. The maximum atomic E-state index is 12.4. The molecule has 0 rings (SSSR count). The van der Waals surface area contributed by atoms with E-state index in [4.69, 9.17) is 22.3 Å². The highest BCUT2D eigenvalue weighted by atomic mass is 16.4. The maximum absolute atomic E-state index is 12.4. The predicted molar refractivity (Wildman–Crippen MR) is 106 cm³/mol. The van der Waals surface area contributed by atoms with Crippen molar-refractivity contribution in [2.75, 3.05) is 6.61 Å². The van der Waals surface area contributed by atoms with Crippen molar-refractivity contribution in [1.82, 2.24) is 16.0 Å². The summed E-state index contributed by atoms with van der Waals surface area (Å²) in [4.78, 5) is 70.3. The maximum Gasteiger partial charge on any atom is 0.326 e. The minimum atomic E-state index is -1.71. The zero-order valence-corrected chi connectivity index (χ0v) is 17.3. The van der Waals surface area contributed by atoms with Crippen LogP contribution < -0.4 is 33.2 Å². The molecule has 11 N–H and O–H groups in total. The van der Waals surface area contributed by atoms with Crippen LogP contribution in [0.15, 0.2) is 0 Å². The third-order valence-corrected chi connectivity index (χ3v) is 4.43. The molecular weight excluding hydrogens is 416 g/mol. The van der Waals surface area contributed by atoms with Crippen molar-refractivity contribution >= 4 is 35.5 Å². The highest BCUT2D eigenvalue weighted by Crippen LogP contribution is 2.06. The van der Waals surface area contributed by atoms with Gasteiger partial charge in [0.05, 0.1) is 25.5 Å². The van der Waals surface area contributed by atoms with E-state index in [2.05, 4.69) is 10.6 Å². The molecule has 176 valence electrons. The number of hydrogen-bond acceptors (Lipinski definition) is 8. The van der Waals surface area contributed by atoms with E-state index in [-0.39, 0.29) is 5.92 Å². The van der Waals surface area contributed by atoms with Crippen molar-refractivity contribution in [3.8, 4) is 0 Å². The molecule has 0 aromatic carbocycles. The highest BCUT2D eigenvalue weighted by molar-refractivity contribution is 5.96. The van der Waals surface area contributed by atoms with Crippen LogP contribution in [0.1, 0.15) is 33.1 Å². The van der Waals surface area contributed by atoms with Crippen molar-refractivity contribution < 1.29 is 39.0 Å². The number of aliphatic hydroxyl groups excluding tert-OH is 1. The summed E-state index contributed by atoms with van der Waals surface area (Å²) in [6.45, 7) is 2.68. The zero-order valence-electron chi connectivity index (χ0n) is 17.3. The fraction of sp³-hybridized carbons (Fsp3) is 0.647. The smallest absolute Gasteiger partial charge is 0.326 e. The van der Waals surface area contributed by atoms with Gasteiger partial charge in [-0.3, -0.25) is 24.0 Å². The summed E-state index contributed by atoms with van der Waals surface area (Å²) in [5.41, 5.74) is 15.8. The molecule has 0 aliphatic heterocycles. The Morgan fingerprint density at radius 1 is 0.806 bits per heavy atom. The van der Waals surface area contributed by atoms with E-state index >= 15 is 0 Å². The van der Waals surface area contributed by atoms with Gasteiger partial charge in [-0.2, -0.15) is 0 Å². The number of aliphatic hydroxyl groups is 1. The number of hydrogen-bond donors (Lipinski definition) is 8. The summed E-state index contributed by atoms with van der Waals surface area (Å²) < 4.78 is 0. The number of nitrogens with one attached hydrogen (secondary N) is 3. The SMILES string of the molecule is CCC(C)C(N)C(=O)NC(CO)C(=O)NC(CC(N)=O)C(=O)NC(CC(N)=O)C(=O)O. The van der Waals surface area contributed by atoms with E-state index in [1.54, 1.807) is 6.92 Å². The first kappa shape index (κ1) is 27.7. The van der Waals surface area contributed by atoms with Crippen molar-refractivity contribution in [1.29, 1.82) is 0 Å². The molecule has 0 saturated carbocycles. The van der Waals surface area contributed by atoms with Gasteiger partial charge in [-0.1, -0.05) is 20.3 Å². The number of carboxylic acid groups (broad SMARTS) is 1. The molecule has 31 heavy (non-hydrogen) atoms. The Labute approximate surface area is 178 Å². The molecule has 5 amide bonds. The van der Waals surface area contributed by atoms with Crippen molar-refractivity contribution in [3.63, 3.8) is 0 Å². The third kappa shape index (κ3) is 9.86. The van der Waals surface area contributed by atoms with Crippen LogP contribution >= 0.6 is 0 Å². The molecular formula is C17H30N6O8. The molecule has 14 nitrogen and oxygen atoms in total. The summed E-state index contributed by atoms with van der Waals surface area (Å²) >= 11 is 0. The number of carbonyl (C=O) groups is 6. The molecule has 14 heteroatoms. The van der Waals surface area contributed by atoms with Crippen molar-refractivity contribution in [3.05, 3.63) is 0 Å². The van der Waals surface area contributed by atoms with Gasteiger partial charge in [0.1, 0.15) is 18.1 Å². The lowest BCUT2D eigenvalue weighted by atomic mass is 9.99. The van der Waals surface area contributed by atoms with Crippen LogP contribution in [0.3, 0.4) is 0 Å². The van der Waals surface area contributed by atoms with Crippen LogP contribution in [0.2, 0.25) is 0 Å². The molecule has 5 atom stereocenters. The number of rotatable bonds is 14. The van der Waals surface area contributed by atoms with E-state index in [0.717, 1.165) is 0 Å². The summed E-state index contributed by atoms with van der Waals surface area (Å²) in [7, 11) is 0. The van der Waals surface area contributed by atoms with Crippen LogP contribution in [0, 0.1) is 5.92 Å². The van der Waals surface area contributed by atoms with Crippen LogP contribution in [-0.4, -0.2) is 76.5 Å². The van der Waals surface area contributed by atoms with Gasteiger partial charge in [-0.05, 0) is 5.92 Å². The Morgan fingerprint density at radius 3 is 1.65 bits per heavy atom. The largest absolute Gasteiger partial charge is 0.480 e. The molecule has 0 aromatic heterocycles. The third-order valence-electron chi connectivity index (χ3n) is 4.43. The molecule has 5 unspecified atom stereocenters. The first-order chi connectivity index (χ1) is 14.3. The van der Waals surface area contributed by atoms with E-state index in [1.165, 1.54) is 0 Å². The Bertz CT molecular complexity index is 700. The number of nitrogens with two attached hydrogens (primary N) is 3. The van der Waals surface area contributed by atoms with Crippen molar-refractivity contribution in [2.24, 2.45) is 23.1 Å². The highest BCUT2D eigenvalue weighted by Gasteiger charge is 2.32. The Kier molecular flexibility index (Phi) is 11.7. The standard InChI is InChI=1S/C17H30N6O8/c1-3-7(2)13(20)16(29)23-10(6-24)15(28)21-8(4-11(18)25)14(27)22-9(17(30)31)5-12(19)26/h7-10,13,24H,3-6,20H2,1-2H3,(H2,18,25)(H2,19,26)(H,21,28)(H,22,27)(H,23,29)(H,30,31). The lowest BCUT2D eigenvalue weighted by Gasteiger charge is -2.24. The number of aliphatic carboxylic acids is 1. The quantitative estimate of drug-likeness (QED) is 0.128. The Hall–Kier alpha value is -3.26. The molecule has 0 radical (unpaired) electrons. The average Bonchev–Trinajstić information content (AvgIpc) is 2.68. The van der Waals surface area contributed by atoms with E-state index < -0.39 is 79.1 Å². The van der Waals surface area contributed by atoms with Gasteiger partial charge in [0.2, 0.25) is 29.5 Å². The second-order valence-corrected chi connectivity index (χ2v) is 6.96. The fourth-order valence-electron chi connectivity index (χ4n) is 2.33. The van der Waals surface area contributed by atoms with E-state index in [1.807, 2.05) is 12.2 Å². The Balaban J connectivity index is 5.34. The first-order valence-electron chi connectivity index (χ1n) is 9.40. The van der Waals surface area contributed by atoms with Crippen LogP contribution in [0.5, 0.6) is 0 Å². The van der Waals surface area contributed by atoms with Crippen LogP contribution in [0.25, 0.3) is 0 Å². The first-order valence-corrected chi connectivity index (χ1v) is 9.40. The van der Waals surface area contributed by atoms with Gasteiger partial charge < -0.3 is 43.4 Å². The molecule has 0 heterocycles. The summed E-state index contributed by atoms with van der Waals surface area (Å²) in [5.74, 6) is -6.71. The number of primary amides is 2. The minimum Gasteiger partial charge on any atom is -0.480 e. The van der Waals surface area contributed by atoms with Crippen molar-refractivity contribution in [2.45, 2.75) is 57.3 Å². The molecule has 0 aliphatic rings. The van der Waals surface area contributed by atoms with E-state index in [0.29, 0.717) is 6.42 Å². The fourth-order valence-corrected chi connectivity index (χ4v) is 2.33. The zero-order chi connectivity index (χ0) is 24.3. The van der Waals surface area contributed by atoms with Gasteiger partial charge in [-0.15, -0.1) is 0 Å². The second-order valence-electron chi connectivity index (χ2n) is 6.96. The molecule has 0 aliphatic carbocycles. The van der Waals surface area contributed by atoms with E-state index in [9.17, 15) is 33.9 Å². The topological polar surface area (TPSA) is 257 Å². The summed E-state index contributed by atoms with van der Waals surface area (Å²) in [5, 5.41) is 24.8. The van der Waals surface area contributed by atoms with Gasteiger partial charge in [-0.25, -0.2) is 4.79 Å². The molecule has 0 saturated heterocycles. The molecule has 0 aromatic rings. The van der Waals surface area contributed by atoms with Crippen LogP contribution in [-0.2, 0) is 28.8 Å². The summed E-state index contributed by atoms with van der Waals surface area (Å²) in [6, 6.07) is -5.82. The van der Waals surface area contributed by atoms with Crippen LogP contribution in [0.4, 0.5) is 0 Å². The number of carboxylic acids is 1. The lowest BCUT2D eigenvalue weighted by Crippen LogP contribution is -2.59. The average molecular weight is 446 g/mol. The normalized spacial score (nSPS) is 15.5. The minimum absolute atomic E-state index is 0.214. The molecule has 0 spiro atoms. The van der Waals surface area contributed by atoms with Gasteiger partial charge >= 0.3 is 5.97 Å². The lowest BCUT2D eigenvalue weighted by molar-refractivity contribution is -0.144. The molecule has 0 fully saturated rings. The molecule has 0 bridgehead atoms. The monoisotopic (exact) mass is 446 g/mol. The number of carbonyl (C=O) groups excluding carboxylic acids is 5. The summed E-state index contributed by atoms with van der Waals surface area (Å²) in [6.07, 6.45) is -0.873.